The maximum Gasteiger partial charge on any atom is 0.336 e. The van der Waals surface area contributed by atoms with Crippen LogP contribution in [0.15, 0.2) is 39.1 Å². The summed E-state index contributed by atoms with van der Waals surface area (Å²) in [5.74, 6) is 0.826. The molecule has 0 radical (unpaired) electrons. The quantitative estimate of drug-likeness (QED) is 0.421. The van der Waals surface area contributed by atoms with E-state index < -0.39 is 11.7 Å². The van der Waals surface area contributed by atoms with Crippen LogP contribution in [0.4, 0.5) is 0 Å². The van der Waals surface area contributed by atoms with Crippen molar-refractivity contribution in [3.8, 4) is 17.2 Å². The monoisotopic (exact) mass is 390 g/mol. The van der Waals surface area contributed by atoms with Gasteiger partial charge in [0.1, 0.15) is 12.7 Å². The molecule has 2 aromatic rings. The van der Waals surface area contributed by atoms with Crippen LogP contribution in [0.1, 0.15) is 20.8 Å². The molecule has 1 aliphatic heterocycles. The maximum atomic E-state index is 11.6. The van der Waals surface area contributed by atoms with Crippen molar-refractivity contribution in [2.45, 2.75) is 39.1 Å². The van der Waals surface area contributed by atoms with Gasteiger partial charge in [0.25, 0.3) is 0 Å². The van der Waals surface area contributed by atoms with Crippen molar-refractivity contribution >= 4 is 11.0 Å². The molecule has 0 unspecified atom stereocenters. The third-order valence-electron chi connectivity index (χ3n) is 4.79. The van der Waals surface area contributed by atoms with E-state index in [2.05, 4.69) is 0 Å². The second-order valence-corrected chi connectivity index (χ2v) is 7.16. The van der Waals surface area contributed by atoms with E-state index >= 15 is 0 Å². The van der Waals surface area contributed by atoms with Gasteiger partial charge in [-0.25, -0.2) is 4.79 Å². The SMILES string of the molecule is COc1cc2ccc(=O)oc2c(OC)c1OC[C@H](O)[C@@H](C)[C@H]1O[C@H]1C=C(C)C. The summed E-state index contributed by atoms with van der Waals surface area (Å²) in [7, 11) is 2.96. The van der Waals surface area contributed by atoms with Gasteiger partial charge in [0.15, 0.2) is 11.3 Å². The minimum absolute atomic E-state index is 0.0118. The fraction of sp³-hybridized carbons (Fsp3) is 0.476. The standard InChI is InChI=1S/C21H26O7/c1-11(2)8-16-18(27-16)12(3)14(22)10-26-20-15(24-4)9-13-6-7-17(23)28-19(13)21(20)25-5/h6-9,12,14,16,18,22H,10H2,1-5H3/t12-,14+,16+,18-/m1/s1. The van der Waals surface area contributed by atoms with Crippen molar-refractivity contribution < 1.29 is 28.5 Å². The third-order valence-corrected chi connectivity index (χ3v) is 4.79. The molecule has 1 aliphatic rings. The Balaban J connectivity index is 1.80. The highest BCUT2D eigenvalue weighted by Crippen LogP contribution is 2.43. The van der Waals surface area contributed by atoms with E-state index in [-0.39, 0.29) is 41.8 Å². The lowest BCUT2D eigenvalue weighted by Crippen LogP contribution is -2.29. The van der Waals surface area contributed by atoms with Gasteiger partial charge in [0.2, 0.25) is 11.5 Å². The summed E-state index contributed by atoms with van der Waals surface area (Å²) in [6.45, 7) is 5.96. The number of epoxide rings is 1. The summed E-state index contributed by atoms with van der Waals surface area (Å²) in [6.07, 6.45) is 1.29. The molecular weight excluding hydrogens is 364 g/mol. The Morgan fingerprint density at radius 2 is 2.00 bits per heavy atom. The van der Waals surface area contributed by atoms with Crippen LogP contribution in [0.2, 0.25) is 0 Å². The minimum Gasteiger partial charge on any atom is -0.493 e. The summed E-state index contributed by atoms with van der Waals surface area (Å²) in [5, 5.41) is 11.2. The molecule has 1 fully saturated rings. The van der Waals surface area contributed by atoms with Crippen LogP contribution in [0, 0.1) is 5.92 Å². The van der Waals surface area contributed by atoms with Crippen molar-refractivity contribution in [1.82, 2.24) is 0 Å². The van der Waals surface area contributed by atoms with E-state index in [0.29, 0.717) is 11.1 Å². The highest BCUT2D eigenvalue weighted by atomic mass is 16.6. The summed E-state index contributed by atoms with van der Waals surface area (Å²) < 4.78 is 27.6. The number of allylic oxidation sites excluding steroid dienone is 1. The lowest BCUT2D eigenvalue weighted by atomic mass is 9.98. The highest BCUT2D eigenvalue weighted by Gasteiger charge is 2.44. The molecule has 1 saturated heterocycles. The van der Waals surface area contributed by atoms with E-state index in [9.17, 15) is 9.90 Å². The Kier molecular flexibility index (Phi) is 5.96. The number of aliphatic hydroxyl groups is 1. The van der Waals surface area contributed by atoms with Crippen molar-refractivity contribution in [2.24, 2.45) is 5.92 Å². The Morgan fingerprint density at radius 1 is 1.25 bits per heavy atom. The van der Waals surface area contributed by atoms with E-state index in [1.807, 2.05) is 26.8 Å². The Labute approximate surface area is 163 Å². The van der Waals surface area contributed by atoms with Crippen LogP contribution in [0.25, 0.3) is 11.0 Å². The molecule has 7 nitrogen and oxygen atoms in total. The number of fused-ring (bicyclic) bond motifs is 1. The largest absolute Gasteiger partial charge is 0.493 e. The lowest BCUT2D eigenvalue weighted by Gasteiger charge is -2.20. The highest BCUT2D eigenvalue weighted by molar-refractivity contribution is 5.88. The zero-order valence-corrected chi connectivity index (χ0v) is 16.7. The van der Waals surface area contributed by atoms with E-state index in [4.69, 9.17) is 23.4 Å². The molecule has 1 N–H and O–H groups in total. The van der Waals surface area contributed by atoms with Gasteiger partial charge in [-0.2, -0.15) is 0 Å². The van der Waals surface area contributed by atoms with Gasteiger partial charge in [0.05, 0.1) is 26.4 Å². The maximum absolute atomic E-state index is 11.6. The van der Waals surface area contributed by atoms with Gasteiger partial charge in [-0.15, -0.1) is 0 Å². The molecule has 2 heterocycles. The van der Waals surface area contributed by atoms with Gasteiger partial charge in [-0.1, -0.05) is 18.6 Å². The zero-order chi connectivity index (χ0) is 20.4. The topological polar surface area (TPSA) is 90.7 Å². The lowest BCUT2D eigenvalue weighted by molar-refractivity contribution is 0.0502. The van der Waals surface area contributed by atoms with Gasteiger partial charge in [0, 0.05) is 17.4 Å². The van der Waals surface area contributed by atoms with Gasteiger partial charge < -0.3 is 28.5 Å². The second-order valence-electron chi connectivity index (χ2n) is 7.16. The number of methoxy groups -OCH3 is 2. The molecule has 28 heavy (non-hydrogen) atoms. The van der Waals surface area contributed by atoms with Crippen molar-refractivity contribution in [3.63, 3.8) is 0 Å². The average Bonchev–Trinajstić information content (AvgIpc) is 3.42. The molecule has 0 amide bonds. The Bertz CT molecular complexity index is 926. The van der Waals surface area contributed by atoms with E-state index in [1.54, 1.807) is 12.1 Å². The van der Waals surface area contributed by atoms with Gasteiger partial charge in [-0.05, 0) is 26.0 Å². The number of rotatable bonds is 8. The van der Waals surface area contributed by atoms with Crippen molar-refractivity contribution in [2.75, 3.05) is 20.8 Å². The molecule has 1 aromatic carbocycles. The normalized spacial score (nSPS) is 20.4. The second kappa shape index (κ2) is 8.24. The van der Waals surface area contributed by atoms with Gasteiger partial charge >= 0.3 is 5.63 Å². The summed E-state index contributed by atoms with van der Waals surface area (Å²) in [4.78, 5) is 11.6. The predicted octanol–water partition coefficient (Wildman–Crippen LogP) is 2.92. The molecule has 4 atom stereocenters. The minimum atomic E-state index is -0.756. The molecule has 7 heteroatoms. The Hall–Kier alpha value is -2.51. The van der Waals surface area contributed by atoms with E-state index in [1.165, 1.54) is 25.9 Å². The van der Waals surface area contributed by atoms with Crippen LogP contribution >= 0.6 is 0 Å². The molecule has 3 rings (SSSR count). The van der Waals surface area contributed by atoms with Crippen LogP contribution in [-0.2, 0) is 4.74 Å². The number of benzene rings is 1. The van der Waals surface area contributed by atoms with Crippen molar-refractivity contribution in [1.29, 1.82) is 0 Å². The van der Waals surface area contributed by atoms with Crippen molar-refractivity contribution in [3.05, 3.63) is 40.3 Å². The van der Waals surface area contributed by atoms with Crippen LogP contribution in [0.3, 0.4) is 0 Å². The van der Waals surface area contributed by atoms with E-state index in [0.717, 1.165) is 0 Å². The first-order valence-corrected chi connectivity index (χ1v) is 9.16. The smallest absolute Gasteiger partial charge is 0.336 e. The predicted molar refractivity (Wildman–Crippen MR) is 104 cm³/mol. The summed E-state index contributed by atoms with van der Waals surface area (Å²) in [5.41, 5.74) is 0.951. The Morgan fingerprint density at radius 3 is 2.64 bits per heavy atom. The molecular formula is C21H26O7. The van der Waals surface area contributed by atoms with Crippen LogP contribution in [-0.4, -0.2) is 44.2 Å². The molecule has 0 bridgehead atoms. The number of aliphatic hydroxyl groups excluding tert-OH is 1. The molecule has 0 saturated carbocycles. The first kappa shape index (κ1) is 20.2. The zero-order valence-electron chi connectivity index (χ0n) is 16.7. The third kappa shape index (κ3) is 4.15. The summed E-state index contributed by atoms with van der Waals surface area (Å²) in [6, 6.07) is 4.65. The van der Waals surface area contributed by atoms with Crippen LogP contribution < -0.4 is 19.8 Å². The first-order valence-electron chi connectivity index (χ1n) is 9.16. The summed E-state index contributed by atoms with van der Waals surface area (Å²) >= 11 is 0. The molecule has 152 valence electrons. The number of hydrogen-bond acceptors (Lipinski definition) is 7. The molecule has 0 spiro atoms. The fourth-order valence-corrected chi connectivity index (χ4v) is 3.17. The number of ether oxygens (including phenoxy) is 4. The fourth-order valence-electron chi connectivity index (χ4n) is 3.17. The average molecular weight is 390 g/mol. The van der Waals surface area contributed by atoms with Crippen LogP contribution in [0.5, 0.6) is 17.2 Å². The molecule has 1 aromatic heterocycles. The van der Waals surface area contributed by atoms with Gasteiger partial charge in [-0.3, -0.25) is 0 Å². The molecule has 0 aliphatic carbocycles. The number of hydrogen-bond donors (Lipinski definition) is 1. The first-order chi connectivity index (χ1) is 13.3.